The molecule has 0 unspecified atom stereocenters. The molecule has 6 heteroatoms. The van der Waals surface area contributed by atoms with Gasteiger partial charge in [0, 0.05) is 13.0 Å². The molecule has 1 aliphatic heterocycles. The molecule has 1 atom stereocenters. The van der Waals surface area contributed by atoms with Crippen LogP contribution < -0.4 is 4.74 Å². The average molecular weight is 343 g/mol. The van der Waals surface area contributed by atoms with E-state index in [0.717, 1.165) is 11.4 Å². The van der Waals surface area contributed by atoms with Crippen LogP contribution in [0.1, 0.15) is 43.7 Å². The van der Waals surface area contributed by atoms with Crippen LogP contribution in [0.2, 0.25) is 0 Å². The topological polar surface area (TPSA) is 67.6 Å². The van der Waals surface area contributed by atoms with Gasteiger partial charge in [-0.15, -0.1) is 0 Å². The standard InChI is InChI=1S/C19H25N3O3/c1-2-18(23)17-13-15-14-21(10-11-22(15)20-17)19(24)9-6-12-25-16-7-4-3-5-8-16/h3-5,7-8,13,18,23H,2,6,9-12,14H2,1H3/t18-/m0/s1. The lowest BCUT2D eigenvalue weighted by molar-refractivity contribution is -0.132. The van der Waals surface area contributed by atoms with Crippen molar-refractivity contribution < 1.29 is 14.6 Å². The Labute approximate surface area is 148 Å². The first kappa shape index (κ1) is 17.5. The van der Waals surface area contributed by atoms with Gasteiger partial charge in [0.1, 0.15) is 5.75 Å². The summed E-state index contributed by atoms with van der Waals surface area (Å²) < 4.78 is 7.53. The van der Waals surface area contributed by atoms with Gasteiger partial charge in [-0.25, -0.2) is 0 Å². The molecule has 3 rings (SSSR count). The monoisotopic (exact) mass is 343 g/mol. The Morgan fingerprint density at radius 3 is 2.88 bits per heavy atom. The van der Waals surface area contributed by atoms with Gasteiger partial charge in [0.15, 0.2) is 0 Å². The largest absolute Gasteiger partial charge is 0.494 e. The first-order valence-corrected chi connectivity index (χ1v) is 8.87. The second-order valence-corrected chi connectivity index (χ2v) is 6.29. The number of hydrogen-bond donors (Lipinski definition) is 1. The molecule has 6 nitrogen and oxygen atoms in total. The van der Waals surface area contributed by atoms with Crippen molar-refractivity contribution in [2.75, 3.05) is 13.2 Å². The number of amides is 1. The Morgan fingerprint density at radius 2 is 2.12 bits per heavy atom. The van der Waals surface area contributed by atoms with Gasteiger partial charge >= 0.3 is 0 Å². The van der Waals surface area contributed by atoms with Crippen LogP contribution in [-0.4, -0.2) is 38.8 Å². The molecular weight excluding hydrogens is 318 g/mol. The quantitative estimate of drug-likeness (QED) is 0.785. The number of aromatic nitrogens is 2. The predicted octanol–water partition coefficient (Wildman–Crippen LogP) is 2.53. The number of aliphatic hydroxyl groups is 1. The lowest BCUT2D eigenvalue weighted by Crippen LogP contribution is -2.38. The number of hydrogen-bond acceptors (Lipinski definition) is 4. The zero-order valence-corrected chi connectivity index (χ0v) is 14.6. The van der Waals surface area contributed by atoms with Crippen molar-refractivity contribution in [2.45, 2.75) is 45.4 Å². The van der Waals surface area contributed by atoms with E-state index >= 15 is 0 Å². The van der Waals surface area contributed by atoms with E-state index in [1.807, 2.05) is 52.9 Å². The second kappa shape index (κ2) is 8.16. The number of benzene rings is 1. The molecule has 1 aliphatic rings. The molecule has 1 aromatic heterocycles. The van der Waals surface area contributed by atoms with E-state index < -0.39 is 6.10 Å². The van der Waals surface area contributed by atoms with Crippen molar-refractivity contribution in [3.05, 3.63) is 47.8 Å². The molecule has 0 fully saturated rings. The summed E-state index contributed by atoms with van der Waals surface area (Å²) in [5, 5.41) is 14.4. The van der Waals surface area contributed by atoms with Crippen LogP contribution in [0.5, 0.6) is 5.75 Å². The number of rotatable bonds is 7. The highest BCUT2D eigenvalue weighted by molar-refractivity contribution is 5.76. The normalized spacial score (nSPS) is 14.9. The Hall–Kier alpha value is -2.34. The number of ether oxygens (including phenoxy) is 1. The molecule has 134 valence electrons. The summed E-state index contributed by atoms with van der Waals surface area (Å²) in [7, 11) is 0. The van der Waals surface area contributed by atoms with E-state index in [9.17, 15) is 9.90 Å². The van der Waals surface area contributed by atoms with Gasteiger partial charge in [0.05, 0.1) is 37.2 Å². The maximum absolute atomic E-state index is 12.4. The number of fused-ring (bicyclic) bond motifs is 1. The van der Waals surface area contributed by atoms with Gasteiger partial charge in [-0.1, -0.05) is 25.1 Å². The van der Waals surface area contributed by atoms with Crippen LogP contribution in [-0.2, 0) is 17.9 Å². The number of nitrogens with zero attached hydrogens (tertiary/aromatic N) is 3. The summed E-state index contributed by atoms with van der Waals surface area (Å²) in [4.78, 5) is 14.3. The summed E-state index contributed by atoms with van der Waals surface area (Å²) in [6.07, 6.45) is 1.28. The minimum Gasteiger partial charge on any atom is -0.494 e. The van der Waals surface area contributed by atoms with Gasteiger partial charge in [0.2, 0.25) is 5.91 Å². The average Bonchev–Trinajstić information content (AvgIpc) is 3.08. The summed E-state index contributed by atoms with van der Waals surface area (Å²) in [5.41, 5.74) is 1.69. The van der Waals surface area contributed by atoms with Crippen molar-refractivity contribution in [3.8, 4) is 5.75 Å². The van der Waals surface area contributed by atoms with Gasteiger partial charge in [-0.05, 0) is 31.0 Å². The number of carbonyl (C=O) groups is 1. The van der Waals surface area contributed by atoms with Crippen LogP contribution in [0.25, 0.3) is 0 Å². The summed E-state index contributed by atoms with van der Waals surface area (Å²) in [6, 6.07) is 11.5. The van der Waals surface area contributed by atoms with Crippen molar-refractivity contribution in [3.63, 3.8) is 0 Å². The van der Waals surface area contributed by atoms with Crippen LogP contribution >= 0.6 is 0 Å². The molecule has 0 saturated heterocycles. The summed E-state index contributed by atoms with van der Waals surface area (Å²) >= 11 is 0. The first-order valence-electron chi connectivity index (χ1n) is 8.87. The van der Waals surface area contributed by atoms with Gasteiger partial charge in [-0.3, -0.25) is 9.48 Å². The highest BCUT2D eigenvalue weighted by Crippen LogP contribution is 2.20. The van der Waals surface area contributed by atoms with Crippen LogP contribution in [0.15, 0.2) is 36.4 Å². The number of aliphatic hydroxyl groups excluding tert-OH is 1. The molecule has 25 heavy (non-hydrogen) atoms. The van der Waals surface area contributed by atoms with E-state index in [4.69, 9.17) is 4.74 Å². The minimum absolute atomic E-state index is 0.140. The third kappa shape index (κ3) is 4.39. The fourth-order valence-corrected chi connectivity index (χ4v) is 2.96. The van der Waals surface area contributed by atoms with Gasteiger partial charge < -0.3 is 14.7 Å². The first-order chi connectivity index (χ1) is 12.2. The molecule has 0 aliphatic carbocycles. The smallest absolute Gasteiger partial charge is 0.223 e. The molecule has 2 aromatic rings. The van der Waals surface area contributed by atoms with E-state index in [1.54, 1.807) is 0 Å². The third-order valence-electron chi connectivity index (χ3n) is 4.44. The van der Waals surface area contributed by atoms with E-state index in [-0.39, 0.29) is 5.91 Å². The highest BCUT2D eigenvalue weighted by atomic mass is 16.5. The SMILES string of the molecule is CC[C@H](O)c1cc2n(n1)CCN(C(=O)CCCOc1ccccc1)C2. The van der Waals surface area contributed by atoms with Crippen molar-refractivity contribution in [1.29, 1.82) is 0 Å². The summed E-state index contributed by atoms with van der Waals surface area (Å²) in [5.74, 6) is 0.973. The molecule has 0 radical (unpaired) electrons. The highest BCUT2D eigenvalue weighted by Gasteiger charge is 2.23. The van der Waals surface area contributed by atoms with Crippen LogP contribution in [0.3, 0.4) is 0 Å². The Bertz CT molecular complexity index is 699. The lowest BCUT2D eigenvalue weighted by Gasteiger charge is -2.27. The van der Waals surface area contributed by atoms with E-state index in [1.165, 1.54) is 0 Å². The van der Waals surface area contributed by atoms with E-state index in [2.05, 4.69) is 5.10 Å². The zero-order chi connectivity index (χ0) is 17.6. The summed E-state index contributed by atoms with van der Waals surface area (Å²) in [6.45, 7) is 4.36. The minimum atomic E-state index is -0.530. The van der Waals surface area contributed by atoms with Crippen LogP contribution in [0.4, 0.5) is 0 Å². The molecule has 0 saturated carbocycles. The fourth-order valence-electron chi connectivity index (χ4n) is 2.96. The van der Waals surface area contributed by atoms with Crippen molar-refractivity contribution in [1.82, 2.24) is 14.7 Å². The molecule has 1 N–H and O–H groups in total. The Kier molecular flexibility index (Phi) is 5.71. The molecule has 1 amide bonds. The van der Waals surface area contributed by atoms with E-state index in [0.29, 0.717) is 51.2 Å². The Morgan fingerprint density at radius 1 is 1.32 bits per heavy atom. The van der Waals surface area contributed by atoms with Crippen molar-refractivity contribution in [2.24, 2.45) is 0 Å². The van der Waals surface area contributed by atoms with Crippen LogP contribution in [0, 0.1) is 0 Å². The zero-order valence-electron chi connectivity index (χ0n) is 14.6. The maximum atomic E-state index is 12.4. The predicted molar refractivity (Wildman–Crippen MR) is 94.1 cm³/mol. The molecule has 0 bridgehead atoms. The molecule has 1 aromatic carbocycles. The Balaban J connectivity index is 1.46. The van der Waals surface area contributed by atoms with Crippen molar-refractivity contribution >= 4 is 5.91 Å². The van der Waals surface area contributed by atoms with Gasteiger partial charge in [-0.2, -0.15) is 5.10 Å². The lowest BCUT2D eigenvalue weighted by atomic mass is 10.2. The number of para-hydroxylation sites is 1. The maximum Gasteiger partial charge on any atom is 0.223 e. The van der Waals surface area contributed by atoms with Gasteiger partial charge in [0.25, 0.3) is 0 Å². The molecular formula is C19H25N3O3. The third-order valence-corrected chi connectivity index (χ3v) is 4.44. The fraction of sp³-hybridized carbons (Fsp3) is 0.474. The molecule has 2 heterocycles. The molecule has 0 spiro atoms. The second-order valence-electron chi connectivity index (χ2n) is 6.29. The number of carbonyl (C=O) groups excluding carboxylic acids is 1.